The largest absolute Gasteiger partial charge is 0.298 e. The van der Waals surface area contributed by atoms with Gasteiger partial charge in [0, 0.05) is 28.2 Å². The molecule has 0 spiro atoms. The minimum atomic E-state index is -2.77. The first-order chi connectivity index (χ1) is 7.15. The van der Waals surface area contributed by atoms with Gasteiger partial charge < -0.3 is 0 Å². The molecule has 6 heteroatoms. The molecule has 1 aromatic heterocycles. The number of nitrogens with zero attached hydrogens (tertiary/aromatic N) is 2. The van der Waals surface area contributed by atoms with E-state index in [4.69, 9.17) is 5.26 Å². The maximum atomic E-state index is 12.5. The first-order valence-electron chi connectivity index (χ1n) is 3.86. The number of aldehydes is 1. The Morgan fingerprint density at radius 3 is 2.73 bits per heavy atom. The molecule has 0 amide bonds. The lowest BCUT2D eigenvalue weighted by atomic mass is 10.0. The van der Waals surface area contributed by atoms with Crippen LogP contribution in [0.4, 0.5) is 8.78 Å². The third kappa shape index (κ3) is 2.18. The lowest BCUT2D eigenvalue weighted by Crippen LogP contribution is -2.03. The van der Waals surface area contributed by atoms with Gasteiger partial charge in [-0.3, -0.25) is 4.79 Å². The van der Waals surface area contributed by atoms with Crippen LogP contribution in [0.5, 0.6) is 0 Å². The van der Waals surface area contributed by atoms with E-state index in [-0.39, 0.29) is 22.2 Å². The van der Waals surface area contributed by atoms with E-state index in [9.17, 15) is 13.6 Å². The summed E-state index contributed by atoms with van der Waals surface area (Å²) in [5.41, 5.74) is -0.421. The predicted molar refractivity (Wildman–Crippen MR) is 51.9 cm³/mol. The molecule has 0 unspecified atom stereocenters. The monoisotopic (exact) mass is 274 g/mol. The van der Waals surface area contributed by atoms with E-state index >= 15 is 0 Å². The summed E-state index contributed by atoms with van der Waals surface area (Å²) in [6.45, 7) is 0. The molecule has 1 aromatic rings. The maximum absolute atomic E-state index is 12.5. The van der Waals surface area contributed by atoms with Crippen molar-refractivity contribution in [3.05, 3.63) is 28.6 Å². The van der Waals surface area contributed by atoms with Gasteiger partial charge in [0.1, 0.15) is 11.8 Å². The van der Waals surface area contributed by atoms with Gasteiger partial charge in [-0.05, 0) is 0 Å². The fourth-order valence-corrected chi connectivity index (χ4v) is 1.70. The quantitative estimate of drug-likeness (QED) is 0.629. The number of hydrogen-bond acceptors (Lipinski definition) is 3. The van der Waals surface area contributed by atoms with Crippen molar-refractivity contribution < 1.29 is 13.6 Å². The summed E-state index contributed by atoms with van der Waals surface area (Å²) < 4.78 is 24.9. The Labute approximate surface area is 92.9 Å². The first kappa shape index (κ1) is 11.7. The van der Waals surface area contributed by atoms with E-state index in [1.165, 1.54) is 0 Å². The molecule has 1 rings (SSSR count). The van der Waals surface area contributed by atoms with Gasteiger partial charge in [0.2, 0.25) is 0 Å². The van der Waals surface area contributed by atoms with Gasteiger partial charge in [-0.1, -0.05) is 15.9 Å². The minimum Gasteiger partial charge on any atom is -0.298 e. The number of halogens is 3. The molecule has 0 bridgehead atoms. The number of carbonyl (C=O) groups excluding carboxylic acids is 1. The molecule has 0 saturated heterocycles. The highest BCUT2D eigenvalue weighted by atomic mass is 79.9. The number of rotatable bonds is 3. The highest BCUT2D eigenvalue weighted by Crippen LogP contribution is 2.26. The predicted octanol–water partition coefficient (Wildman–Crippen LogP) is 2.60. The van der Waals surface area contributed by atoms with E-state index in [1.807, 2.05) is 0 Å². The Morgan fingerprint density at radius 2 is 2.33 bits per heavy atom. The second-order valence-corrected chi connectivity index (χ2v) is 3.18. The zero-order chi connectivity index (χ0) is 11.4. The van der Waals surface area contributed by atoms with Crippen LogP contribution >= 0.6 is 15.9 Å². The molecule has 0 radical (unpaired) electrons. The second-order valence-electron chi connectivity index (χ2n) is 2.62. The van der Waals surface area contributed by atoms with Gasteiger partial charge in [0.15, 0.2) is 6.29 Å². The molecule has 0 N–H and O–H groups in total. The molecular formula is C9H5BrF2N2O. The number of pyridine rings is 1. The van der Waals surface area contributed by atoms with Crippen molar-refractivity contribution in [2.45, 2.75) is 11.8 Å². The SMILES string of the molecule is N#Cc1ncc(C(F)F)c(C=O)c1CBr. The maximum Gasteiger partial charge on any atom is 0.266 e. The van der Waals surface area contributed by atoms with Crippen molar-refractivity contribution in [3.63, 3.8) is 0 Å². The second kappa shape index (κ2) is 4.94. The number of carbonyl (C=O) groups is 1. The zero-order valence-electron chi connectivity index (χ0n) is 7.38. The molecule has 0 aliphatic carbocycles. The zero-order valence-corrected chi connectivity index (χ0v) is 8.96. The number of hydrogen-bond donors (Lipinski definition) is 0. The summed E-state index contributed by atoms with van der Waals surface area (Å²) in [6.07, 6.45) is -1.59. The van der Waals surface area contributed by atoms with E-state index in [2.05, 4.69) is 20.9 Å². The summed E-state index contributed by atoms with van der Waals surface area (Å²) in [5.74, 6) is 0. The van der Waals surface area contributed by atoms with E-state index < -0.39 is 12.0 Å². The molecular weight excluding hydrogens is 270 g/mol. The molecule has 0 aromatic carbocycles. The summed E-state index contributed by atoms with van der Waals surface area (Å²) in [7, 11) is 0. The third-order valence-electron chi connectivity index (χ3n) is 1.85. The molecule has 15 heavy (non-hydrogen) atoms. The Balaban J connectivity index is 3.49. The summed E-state index contributed by atoms with van der Waals surface area (Å²) in [6, 6.07) is 1.74. The smallest absolute Gasteiger partial charge is 0.266 e. The minimum absolute atomic E-state index is 0.0154. The van der Waals surface area contributed by atoms with Gasteiger partial charge in [-0.25, -0.2) is 13.8 Å². The molecule has 0 aliphatic rings. The molecule has 1 heterocycles. The topological polar surface area (TPSA) is 53.8 Å². The molecule has 0 atom stereocenters. The molecule has 78 valence electrons. The highest BCUT2D eigenvalue weighted by molar-refractivity contribution is 9.08. The fraction of sp³-hybridized carbons (Fsp3) is 0.222. The normalized spacial score (nSPS) is 10.1. The number of nitriles is 1. The van der Waals surface area contributed by atoms with Crippen molar-refractivity contribution in [1.82, 2.24) is 4.98 Å². The van der Waals surface area contributed by atoms with Crippen LogP contribution in [0.1, 0.15) is 33.6 Å². The van der Waals surface area contributed by atoms with Crippen LogP contribution in [0.25, 0.3) is 0 Å². The molecule has 0 saturated carbocycles. The lowest BCUT2D eigenvalue weighted by molar-refractivity contribution is 0.110. The average molecular weight is 275 g/mol. The first-order valence-corrected chi connectivity index (χ1v) is 4.99. The van der Waals surface area contributed by atoms with E-state index in [0.29, 0.717) is 6.29 Å². The van der Waals surface area contributed by atoms with Crippen molar-refractivity contribution in [3.8, 4) is 6.07 Å². The van der Waals surface area contributed by atoms with Gasteiger partial charge >= 0.3 is 0 Å². The van der Waals surface area contributed by atoms with Crippen LogP contribution in [0.2, 0.25) is 0 Å². The van der Waals surface area contributed by atoms with Gasteiger partial charge in [0.05, 0.1) is 0 Å². The van der Waals surface area contributed by atoms with Crippen LogP contribution in [0.3, 0.4) is 0 Å². The highest BCUT2D eigenvalue weighted by Gasteiger charge is 2.19. The van der Waals surface area contributed by atoms with Crippen molar-refractivity contribution in [2.24, 2.45) is 0 Å². The Bertz CT molecular complexity index is 429. The Kier molecular flexibility index (Phi) is 3.86. The van der Waals surface area contributed by atoms with Crippen molar-refractivity contribution >= 4 is 22.2 Å². The fourth-order valence-electron chi connectivity index (χ4n) is 1.13. The summed E-state index contributed by atoms with van der Waals surface area (Å²) in [5, 5.41) is 8.80. The molecule has 0 aliphatic heterocycles. The number of alkyl halides is 3. The van der Waals surface area contributed by atoms with Crippen LogP contribution in [-0.4, -0.2) is 11.3 Å². The lowest BCUT2D eigenvalue weighted by Gasteiger charge is -2.08. The number of aromatic nitrogens is 1. The van der Waals surface area contributed by atoms with E-state index in [0.717, 1.165) is 6.20 Å². The summed E-state index contributed by atoms with van der Waals surface area (Å²) in [4.78, 5) is 14.3. The molecule has 3 nitrogen and oxygen atoms in total. The van der Waals surface area contributed by atoms with Crippen LogP contribution < -0.4 is 0 Å². The third-order valence-corrected chi connectivity index (χ3v) is 2.41. The summed E-state index contributed by atoms with van der Waals surface area (Å²) >= 11 is 3.03. The molecule has 0 fully saturated rings. The Hall–Kier alpha value is -1.35. The van der Waals surface area contributed by atoms with Crippen LogP contribution in [0, 0.1) is 11.3 Å². The van der Waals surface area contributed by atoms with Crippen molar-refractivity contribution in [1.29, 1.82) is 5.26 Å². The van der Waals surface area contributed by atoms with Crippen molar-refractivity contribution in [2.75, 3.05) is 0 Å². The Morgan fingerprint density at radius 1 is 1.67 bits per heavy atom. The standard InChI is InChI=1S/C9H5BrF2N2O/c10-1-5-7(4-15)6(9(11)12)3-14-8(5)2-13/h3-4,9H,1H2. The average Bonchev–Trinajstić information content (AvgIpc) is 2.26. The van der Waals surface area contributed by atoms with Crippen LogP contribution in [-0.2, 0) is 5.33 Å². The van der Waals surface area contributed by atoms with Gasteiger partial charge in [-0.15, -0.1) is 0 Å². The van der Waals surface area contributed by atoms with E-state index in [1.54, 1.807) is 6.07 Å². The van der Waals surface area contributed by atoms with Crippen LogP contribution in [0.15, 0.2) is 6.20 Å². The van der Waals surface area contributed by atoms with Gasteiger partial charge in [-0.2, -0.15) is 5.26 Å². The van der Waals surface area contributed by atoms with Gasteiger partial charge in [0.25, 0.3) is 6.43 Å².